The lowest BCUT2D eigenvalue weighted by atomic mass is 10.1. The Morgan fingerprint density at radius 2 is 1.75 bits per heavy atom. The molecular weight excluding hydrogens is 200 g/mol. The van der Waals surface area contributed by atoms with Crippen LogP contribution in [-0.2, 0) is 0 Å². The third-order valence-corrected chi connectivity index (χ3v) is 3.23. The summed E-state index contributed by atoms with van der Waals surface area (Å²) < 4.78 is 0. The standard InChI is InChI=1S/C12H28N4/c1-4-12-9-15(7-10(2)13)5-6-16(12)8-11(3)14/h10-12H,4-9,13-14H2,1-3H3. The molecule has 0 aliphatic carbocycles. The smallest absolute Gasteiger partial charge is 0.0221 e. The molecule has 3 unspecified atom stereocenters. The molecule has 4 N–H and O–H groups in total. The molecule has 0 spiro atoms. The van der Waals surface area contributed by atoms with Gasteiger partial charge in [-0.1, -0.05) is 6.92 Å². The number of nitrogens with two attached hydrogens (primary N) is 2. The summed E-state index contributed by atoms with van der Waals surface area (Å²) in [6, 6.07) is 1.20. The van der Waals surface area contributed by atoms with Gasteiger partial charge in [-0.3, -0.25) is 9.80 Å². The summed E-state index contributed by atoms with van der Waals surface area (Å²) >= 11 is 0. The molecule has 0 aromatic carbocycles. The highest BCUT2D eigenvalue weighted by molar-refractivity contribution is 4.83. The maximum atomic E-state index is 5.88. The highest BCUT2D eigenvalue weighted by Crippen LogP contribution is 2.13. The van der Waals surface area contributed by atoms with Gasteiger partial charge in [-0.05, 0) is 20.3 Å². The Hall–Kier alpha value is -0.160. The molecule has 0 radical (unpaired) electrons. The van der Waals surface area contributed by atoms with Gasteiger partial charge in [-0.25, -0.2) is 0 Å². The van der Waals surface area contributed by atoms with E-state index in [1.54, 1.807) is 0 Å². The second kappa shape index (κ2) is 6.55. The van der Waals surface area contributed by atoms with Crippen LogP contribution < -0.4 is 11.5 Å². The van der Waals surface area contributed by atoms with Gasteiger partial charge in [0.1, 0.15) is 0 Å². The molecule has 1 saturated heterocycles. The minimum absolute atomic E-state index is 0.272. The van der Waals surface area contributed by atoms with Crippen molar-refractivity contribution < 1.29 is 0 Å². The maximum absolute atomic E-state index is 5.88. The zero-order valence-corrected chi connectivity index (χ0v) is 11.0. The molecule has 96 valence electrons. The van der Waals surface area contributed by atoms with Crippen LogP contribution in [0.5, 0.6) is 0 Å². The zero-order valence-electron chi connectivity index (χ0n) is 11.0. The van der Waals surface area contributed by atoms with Gasteiger partial charge in [0, 0.05) is 50.8 Å². The molecule has 0 amide bonds. The Kier molecular flexibility index (Phi) is 5.69. The van der Waals surface area contributed by atoms with Crippen LogP contribution in [0.3, 0.4) is 0 Å². The Bertz CT molecular complexity index is 193. The molecule has 0 saturated carbocycles. The SMILES string of the molecule is CCC1CN(CC(C)N)CCN1CC(C)N. The Balaban J connectivity index is 2.43. The first-order valence-corrected chi connectivity index (χ1v) is 6.50. The van der Waals surface area contributed by atoms with Crippen LogP contribution in [0.15, 0.2) is 0 Å². The van der Waals surface area contributed by atoms with Gasteiger partial charge in [-0.15, -0.1) is 0 Å². The van der Waals surface area contributed by atoms with E-state index in [0.29, 0.717) is 6.04 Å². The van der Waals surface area contributed by atoms with E-state index < -0.39 is 0 Å². The summed E-state index contributed by atoms with van der Waals surface area (Å²) in [7, 11) is 0. The van der Waals surface area contributed by atoms with E-state index in [4.69, 9.17) is 11.5 Å². The van der Waals surface area contributed by atoms with Crippen LogP contribution in [0, 0.1) is 0 Å². The number of piperazine rings is 1. The van der Waals surface area contributed by atoms with E-state index in [-0.39, 0.29) is 12.1 Å². The van der Waals surface area contributed by atoms with Crippen LogP contribution in [0.2, 0.25) is 0 Å². The van der Waals surface area contributed by atoms with E-state index in [1.807, 2.05) is 0 Å². The predicted molar refractivity (Wildman–Crippen MR) is 69.4 cm³/mol. The van der Waals surface area contributed by atoms with Gasteiger partial charge in [0.2, 0.25) is 0 Å². The monoisotopic (exact) mass is 228 g/mol. The molecule has 4 nitrogen and oxygen atoms in total. The van der Waals surface area contributed by atoms with Crippen molar-refractivity contribution in [3.05, 3.63) is 0 Å². The van der Waals surface area contributed by atoms with Crippen molar-refractivity contribution in [3.63, 3.8) is 0 Å². The molecule has 1 fully saturated rings. The van der Waals surface area contributed by atoms with E-state index >= 15 is 0 Å². The van der Waals surface area contributed by atoms with Crippen molar-refractivity contribution in [3.8, 4) is 0 Å². The average molecular weight is 228 g/mol. The van der Waals surface area contributed by atoms with E-state index in [0.717, 1.165) is 32.7 Å². The fourth-order valence-corrected chi connectivity index (χ4v) is 2.53. The third kappa shape index (κ3) is 4.37. The van der Waals surface area contributed by atoms with E-state index in [1.165, 1.54) is 6.42 Å². The average Bonchev–Trinajstić information content (AvgIpc) is 2.18. The fraction of sp³-hybridized carbons (Fsp3) is 1.00. The summed E-state index contributed by atoms with van der Waals surface area (Å²) in [6.07, 6.45) is 1.20. The molecular formula is C12H28N4. The summed E-state index contributed by atoms with van der Waals surface area (Å²) in [5.74, 6) is 0. The first-order valence-electron chi connectivity index (χ1n) is 6.50. The van der Waals surface area contributed by atoms with Gasteiger partial charge < -0.3 is 11.5 Å². The van der Waals surface area contributed by atoms with Gasteiger partial charge in [0.25, 0.3) is 0 Å². The van der Waals surface area contributed by atoms with Crippen LogP contribution in [0.1, 0.15) is 27.2 Å². The first kappa shape index (κ1) is 13.9. The minimum atomic E-state index is 0.272. The van der Waals surface area contributed by atoms with Crippen molar-refractivity contribution in [2.24, 2.45) is 11.5 Å². The Morgan fingerprint density at radius 1 is 1.12 bits per heavy atom. The number of hydrogen-bond acceptors (Lipinski definition) is 4. The quantitative estimate of drug-likeness (QED) is 0.699. The normalized spacial score (nSPS) is 27.9. The summed E-state index contributed by atoms with van der Waals surface area (Å²) in [4.78, 5) is 5.01. The van der Waals surface area contributed by atoms with Crippen LogP contribution in [0.25, 0.3) is 0 Å². The molecule has 0 aromatic heterocycles. The lowest BCUT2D eigenvalue weighted by Gasteiger charge is -2.42. The lowest BCUT2D eigenvalue weighted by molar-refractivity contribution is 0.0663. The lowest BCUT2D eigenvalue weighted by Crippen LogP contribution is -2.56. The predicted octanol–water partition coefficient (Wildman–Crippen LogP) is 0.0770. The molecule has 4 heteroatoms. The molecule has 1 aliphatic rings. The highest BCUT2D eigenvalue weighted by Gasteiger charge is 2.26. The van der Waals surface area contributed by atoms with Crippen LogP contribution in [0.4, 0.5) is 0 Å². The van der Waals surface area contributed by atoms with Gasteiger partial charge in [0.15, 0.2) is 0 Å². The van der Waals surface area contributed by atoms with Gasteiger partial charge in [-0.2, -0.15) is 0 Å². The molecule has 1 heterocycles. The summed E-state index contributed by atoms with van der Waals surface area (Å²) in [5, 5.41) is 0. The molecule has 16 heavy (non-hydrogen) atoms. The van der Waals surface area contributed by atoms with Crippen molar-refractivity contribution in [2.45, 2.75) is 45.3 Å². The molecule has 1 rings (SSSR count). The minimum Gasteiger partial charge on any atom is -0.327 e. The first-order chi connectivity index (χ1) is 7.52. The molecule has 1 aliphatic heterocycles. The van der Waals surface area contributed by atoms with Crippen molar-refractivity contribution >= 4 is 0 Å². The molecule has 0 aromatic rings. The number of rotatable bonds is 5. The Labute approximate surface area is 99.9 Å². The topological polar surface area (TPSA) is 58.5 Å². The zero-order chi connectivity index (χ0) is 12.1. The van der Waals surface area contributed by atoms with E-state index in [9.17, 15) is 0 Å². The van der Waals surface area contributed by atoms with Gasteiger partial charge in [0.05, 0.1) is 0 Å². The van der Waals surface area contributed by atoms with Crippen LogP contribution >= 0.6 is 0 Å². The number of nitrogens with zero attached hydrogens (tertiary/aromatic N) is 2. The van der Waals surface area contributed by atoms with Crippen LogP contribution in [-0.4, -0.2) is 60.6 Å². The largest absolute Gasteiger partial charge is 0.327 e. The van der Waals surface area contributed by atoms with Gasteiger partial charge >= 0.3 is 0 Å². The third-order valence-electron chi connectivity index (χ3n) is 3.23. The summed E-state index contributed by atoms with van der Waals surface area (Å²) in [6.45, 7) is 11.9. The second-order valence-electron chi connectivity index (χ2n) is 5.27. The van der Waals surface area contributed by atoms with E-state index in [2.05, 4.69) is 30.6 Å². The molecule has 3 atom stereocenters. The Morgan fingerprint density at radius 3 is 2.25 bits per heavy atom. The molecule has 0 bridgehead atoms. The fourth-order valence-electron chi connectivity index (χ4n) is 2.53. The van der Waals surface area contributed by atoms with Crippen molar-refractivity contribution in [1.29, 1.82) is 0 Å². The number of hydrogen-bond donors (Lipinski definition) is 2. The van der Waals surface area contributed by atoms with Crippen molar-refractivity contribution in [2.75, 3.05) is 32.7 Å². The van der Waals surface area contributed by atoms with Crippen molar-refractivity contribution in [1.82, 2.24) is 9.80 Å². The maximum Gasteiger partial charge on any atom is 0.0221 e. The highest BCUT2D eigenvalue weighted by atomic mass is 15.3. The summed E-state index contributed by atoms with van der Waals surface area (Å²) in [5.41, 5.74) is 11.7. The second-order valence-corrected chi connectivity index (χ2v) is 5.27.